The molecule has 168 valence electrons. The number of hydrogen-bond acceptors (Lipinski definition) is 5. The number of carbonyl (C=O) groups is 3. The second-order valence-corrected chi connectivity index (χ2v) is 11.2. The molecule has 0 spiro atoms. The average Bonchev–Trinajstić information content (AvgIpc) is 2.99. The van der Waals surface area contributed by atoms with Crippen LogP contribution >= 0.6 is 0 Å². The summed E-state index contributed by atoms with van der Waals surface area (Å²) < 4.78 is 11.1. The SMILES string of the molecule is CC(=O)OC1CCC2(C)C(C1)C(=O)CC1C2CCC2(C)C(C(C)OC(C)=O)CCC12. The van der Waals surface area contributed by atoms with Gasteiger partial charge in [-0.1, -0.05) is 13.8 Å². The second kappa shape index (κ2) is 7.63. The minimum absolute atomic E-state index is 0.0254. The first-order valence-electron chi connectivity index (χ1n) is 11.9. The predicted octanol–water partition coefficient (Wildman–Crippen LogP) is 4.71. The zero-order chi connectivity index (χ0) is 21.8. The third-order valence-corrected chi connectivity index (χ3v) is 9.73. The van der Waals surface area contributed by atoms with E-state index >= 15 is 0 Å². The van der Waals surface area contributed by atoms with Crippen molar-refractivity contribution >= 4 is 17.7 Å². The highest BCUT2D eigenvalue weighted by Crippen LogP contribution is 2.67. The molecule has 0 saturated heterocycles. The summed E-state index contributed by atoms with van der Waals surface area (Å²) in [5.41, 5.74) is 0.173. The van der Waals surface area contributed by atoms with Gasteiger partial charge in [-0.05, 0) is 80.5 Å². The maximum atomic E-state index is 13.4. The standard InChI is InChI=1S/C25H38O5/c1-14(29-15(2)26)19-6-7-20-18-13-23(28)22-12-17(30-16(3)27)8-10-25(22,5)21(18)9-11-24(19,20)4/h14,17-22H,6-13H2,1-5H3. The fourth-order valence-electron chi connectivity index (χ4n) is 8.50. The van der Waals surface area contributed by atoms with Gasteiger partial charge in [0.2, 0.25) is 0 Å². The number of ketones is 1. The van der Waals surface area contributed by atoms with Crippen LogP contribution < -0.4 is 0 Å². The Labute approximate surface area is 180 Å². The molecule has 0 heterocycles. The summed E-state index contributed by atoms with van der Waals surface area (Å²) in [5.74, 6) is 1.90. The first-order valence-corrected chi connectivity index (χ1v) is 11.9. The van der Waals surface area contributed by atoms with Crippen LogP contribution in [0.2, 0.25) is 0 Å². The van der Waals surface area contributed by atoms with Crippen molar-refractivity contribution in [3.05, 3.63) is 0 Å². The number of fused-ring (bicyclic) bond motifs is 5. The van der Waals surface area contributed by atoms with Gasteiger partial charge in [0.25, 0.3) is 0 Å². The van der Waals surface area contributed by atoms with Crippen LogP contribution in [0, 0.1) is 40.4 Å². The molecule has 0 bridgehead atoms. The van der Waals surface area contributed by atoms with Crippen molar-refractivity contribution in [1.82, 2.24) is 0 Å². The van der Waals surface area contributed by atoms with Crippen LogP contribution in [-0.2, 0) is 23.9 Å². The highest BCUT2D eigenvalue weighted by Gasteiger charge is 2.63. The van der Waals surface area contributed by atoms with E-state index in [1.807, 2.05) is 6.92 Å². The lowest BCUT2D eigenvalue weighted by Crippen LogP contribution is -2.57. The van der Waals surface area contributed by atoms with Gasteiger partial charge in [0.05, 0.1) is 0 Å². The van der Waals surface area contributed by atoms with Gasteiger partial charge in [-0.3, -0.25) is 14.4 Å². The summed E-state index contributed by atoms with van der Waals surface area (Å²) in [7, 11) is 0. The highest BCUT2D eigenvalue weighted by atomic mass is 16.5. The molecule has 4 aliphatic rings. The zero-order valence-corrected chi connectivity index (χ0v) is 19.2. The molecular weight excluding hydrogens is 380 g/mol. The van der Waals surface area contributed by atoms with E-state index in [0.29, 0.717) is 42.3 Å². The number of carbonyl (C=O) groups excluding carboxylic acids is 3. The predicted molar refractivity (Wildman–Crippen MR) is 112 cm³/mol. The van der Waals surface area contributed by atoms with Crippen molar-refractivity contribution in [2.75, 3.05) is 0 Å². The van der Waals surface area contributed by atoms with Gasteiger partial charge in [-0.15, -0.1) is 0 Å². The van der Waals surface area contributed by atoms with Gasteiger partial charge in [0.15, 0.2) is 0 Å². The largest absolute Gasteiger partial charge is 0.463 e. The molecule has 30 heavy (non-hydrogen) atoms. The Hall–Kier alpha value is -1.39. The molecule has 0 radical (unpaired) electrons. The van der Waals surface area contributed by atoms with E-state index in [4.69, 9.17) is 9.47 Å². The van der Waals surface area contributed by atoms with Crippen LogP contribution in [0.5, 0.6) is 0 Å². The van der Waals surface area contributed by atoms with Crippen molar-refractivity contribution in [3.8, 4) is 0 Å². The monoisotopic (exact) mass is 418 g/mol. The summed E-state index contributed by atoms with van der Waals surface area (Å²) in [4.78, 5) is 36.3. The van der Waals surface area contributed by atoms with Crippen LogP contribution in [0.4, 0.5) is 0 Å². The molecule has 0 aliphatic heterocycles. The molecule has 5 heteroatoms. The molecule has 4 fully saturated rings. The average molecular weight is 419 g/mol. The van der Waals surface area contributed by atoms with Crippen molar-refractivity contribution in [2.24, 2.45) is 40.4 Å². The lowest BCUT2D eigenvalue weighted by molar-refractivity contribution is -0.171. The molecule has 5 nitrogen and oxygen atoms in total. The lowest BCUT2D eigenvalue weighted by atomic mass is 9.44. The summed E-state index contributed by atoms with van der Waals surface area (Å²) >= 11 is 0. The Balaban J connectivity index is 1.55. The molecule has 9 atom stereocenters. The summed E-state index contributed by atoms with van der Waals surface area (Å²) in [6, 6.07) is 0. The molecule has 4 rings (SSSR count). The van der Waals surface area contributed by atoms with Gasteiger partial charge < -0.3 is 9.47 Å². The van der Waals surface area contributed by atoms with E-state index in [2.05, 4.69) is 13.8 Å². The summed E-state index contributed by atoms with van der Waals surface area (Å²) in [5, 5.41) is 0. The molecule has 0 aromatic heterocycles. The highest BCUT2D eigenvalue weighted by molar-refractivity contribution is 5.83. The number of hydrogen-bond donors (Lipinski definition) is 0. The normalized spacial score (nSPS) is 46.2. The minimum atomic E-state index is -0.239. The zero-order valence-electron chi connectivity index (χ0n) is 19.2. The van der Waals surface area contributed by atoms with Crippen molar-refractivity contribution in [2.45, 2.75) is 98.2 Å². The van der Waals surface area contributed by atoms with Crippen molar-refractivity contribution in [1.29, 1.82) is 0 Å². The number of ether oxygens (including phenoxy) is 2. The van der Waals surface area contributed by atoms with Crippen molar-refractivity contribution < 1.29 is 23.9 Å². The van der Waals surface area contributed by atoms with Crippen LogP contribution in [0.1, 0.15) is 86.0 Å². The maximum Gasteiger partial charge on any atom is 0.302 e. The van der Waals surface area contributed by atoms with Gasteiger partial charge in [0, 0.05) is 32.1 Å². The quantitative estimate of drug-likeness (QED) is 0.621. The first kappa shape index (κ1) is 21.8. The first-order chi connectivity index (χ1) is 14.1. The van der Waals surface area contributed by atoms with Crippen molar-refractivity contribution in [3.63, 3.8) is 0 Å². The fourth-order valence-corrected chi connectivity index (χ4v) is 8.50. The number of esters is 2. The Kier molecular flexibility index (Phi) is 5.55. The van der Waals surface area contributed by atoms with Gasteiger partial charge >= 0.3 is 11.9 Å². The Morgan fingerprint density at radius 2 is 1.63 bits per heavy atom. The fraction of sp³-hybridized carbons (Fsp3) is 0.880. The van der Waals surface area contributed by atoms with Crippen LogP contribution in [0.15, 0.2) is 0 Å². The van der Waals surface area contributed by atoms with E-state index in [0.717, 1.165) is 38.5 Å². The molecular formula is C25H38O5. The molecule has 0 N–H and O–H groups in total. The topological polar surface area (TPSA) is 69.7 Å². The molecule has 4 aliphatic carbocycles. The maximum absolute atomic E-state index is 13.4. The summed E-state index contributed by atoms with van der Waals surface area (Å²) in [6.45, 7) is 9.73. The Morgan fingerprint density at radius 3 is 2.30 bits per heavy atom. The van der Waals surface area contributed by atoms with E-state index in [1.54, 1.807) is 0 Å². The van der Waals surface area contributed by atoms with Gasteiger partial charge in [-0.2, -0.15) is 0 Å². The molecule has 0 amide bonds. The Bertz CT molecular complexity index is 731. The minimum Gasteiger partial charge on any atom is -0.463 e. The third-order valence-electron chi connectivity index (χ3n) is 9.73. The number of Topliss-reactive ketones (excluding diaryl/α,β-unsaturated/α-hetero) is 1. The van der Waals surface area contributed by atoms with E-state index in [1.165, 1.54) is 13.8 Å². The molecule has 4 saturated carbocycles. The van der Waals surface area contributed by atoms with Crippen LogP contribution in [0.3, 0.4) is 0 Å². The van der Waals surface area contributed by atoms with Crippen LogP contribution in [-0.4, -0.2) is 29.9 Å². The van der Waals surface area contributed by atoms with E-state index < -0.39 is 0 Å². The second-order valence-electron chi connectivity index (χ2n) is 11.2. The summed E-state index contributed by atoms with van der Waals surface area (Å²) in [6.07, 6.45) is 7.58. The van der Waals surface area contributed by atoms with Crippen LogP contribution in [0.25, 0.3) is 0 Å². The van der Waals surface area contributed by atoms with Gasteiger partial charge in [-0.25, -0.2) is 0 Å². The van der Waals surface area contributed by atoms with Gasteiger partial charge in [0.1, 0.15) is 18.0 Å². The smallest absolute Gasteiger partial charge is 0.302 e. The molecule has 0 aromatic rings. The number of rotatable bonds is 3. The molecule has 9 unspecified atom stereocenters. The van der Waals surface area contributed by atoms with E-state index in [-0.39, 0.29) is 40.9 Å². The third kappa shape index (κ3) is 3.40. The van der Waals surface area contributed by atoms with E-state index in [9.17, 15) is 14.4 Å². The molecule has 0 aromatic carbocycles. The lowest BCUT2D eigenvalue weighted by Gasteiger charge is -2.60. The Morgan fingerprint density at radius 1 is 0.967 bits per heavy atom.